The van der Waals surface area contributed by atoms with Crippen molar-refractivity contribution in [2.75, 3.05) is 6.54 Å². The highest BCUT2D eigenvalue weighted by Gasteiger charge is 2.35. The molecule has 0 unspecified atom stereocenters. The van der Waals surface area contributed by atoms with Gasteiger partial charge in [-0.1, -0.05) is 0 Å². The average Bonchev–Trinajstić information content (AvgIpc) is 2.34. The first-order valence-electron chi connectivity index (χ1n) is 5.77. The molecule has 9 heteroatoms. The third-order valence-corrected chi connectivity index (χ3v) is 3.84. The van der Waals surface area contributed by atoms with E-state index in [9.17, 15) is 21.6 Å². The molecule has 21 heavy (non-hydrogen) atoms. The van der Waals surface area contributed by atoms with Gasteiger partial charge in [0.2, 0.25) is 10.0 Å². The van der Waals surface area contributed by atoms with E-state index in [4.69, 9.17) is 11.0 Å². The molecule has 0 aliphatic rings. The third kappa shape index (κ3) is 4.70. The van der Waals surface area contributed by atoms with Gasteiger partial charge in [-0.2, -0.15) is 18.4 Å². The van der Waals surface area contributed by atoms with Gasteiger partial charge in [-0.05, 0) is 32.0 Å². The van der Waals surface area contributed by atoms with E-state index in [-0.39, 0.29) is 6.54 Å². The number of benzene rings is 1. The molecule has 0 aromatic heterocycles. The number of nitrogens with zero attached hydrogens (tertiary/aromatic N) is 1. The Balaban J connectivity index is 3.24. The number of hydrogen-bond donors (Lipinski definition) is 2. The molecule has 0 aliphatic heterocycles. The summed E-state index contributed by atoms with van der Waals surface area (Å²) >= 11 is 0. The Morgan fingerprint density at radius 1 is 1.33 bits per heavy atom. The Hall–Kier alpha value is -1.63. The fraction of sp³-hybridized carbons (Fsp3) is 0.417. The highest BCUT2D eigenvalue weighted by Crippen LogP contribution is 2.33. The van der Waals surface area contributed by atoms with Crippen molar-refractivity contribution in [2.45, 2.75) is 30.5 Å². The molecule has 5 nitrogen and oxygen atoms in total. The minimum absolute atomic E-state index is 0.142. The summed E-state index contributed by atoms with van der Waals surface area (Å²) in [6.45, 7) is 2.99. The van der Waals surface area contributed by atoms with E-state index in [0.717, 1.165) is 12.1 Å². The summed E-state index contributed by atoms with van der Waals surface area (Å²) < 4.78 is 64.4. The van der Waals surface area contributed by atoms with Crippen molar-refractivity contribution in [1.82, 2.24) is 4.72 Å². The number of hydrogen-bond acceptors (Lipinski definition) is 4. The minimum atomic E-state index is -4.82. The fourth-order valence-corrected chi connectivity index (χ4v) is 2.64. The molecular formula is C12H14F3N3O2S. The SMILES string of the molecule is CC(C)(N)CNS(=O)(=O)c1ccc(C#N)c(C(F)(F)F)c1. The lowest BCUT2D eigenvalue weighted by atomic mass is 10.1. The van der Waals surface area contributed by atoms with Crippen LogP contribution in [0.4, 0.5) is 13.2 Å². The van der Waals surface area contributed by atoms with Crippen molar-refractivity contribution in [2.24, 2.45) is 5.73 Å². The van der Waals surface area contributed by atoms with E-state index in [1.807, 2.05) is 0 Å². The smallest absolute Gasteiger partial charge is 0.324 e. The zero-order valence-electron chi connectivity index (χ0n) is 11.3. The Labute approximate surface area is 120 Å². The summed E-state index contributed by atoms with van der Waals surface area (Å²) in [7, 11) is -4.14. The molecule has 1 aromatic rings. The maximum atomic E-state index is 12.8. The average molecular weight is 321 g/mol. The molecule has 3 N–H and O–H groups in total. The number of alkyl halides is 3. The van der Waals surface area contributed by atoms with Gasteiger partial charge < -0.3 is 5.73 Å². The van der Waals surface area contributed by atoms with Crippen LogP contribution in [0.15, 0.2) is 23.1 Å². The lowest BCUT2D eigenvalue weighted by Gasteiger charge is -2.19. The highest BCUT2D eigenvalue weighted by atomic mass is 32.2. The van der Waals surface area contributed by atoms with Crippen molar-refractivity contribution in [3.63, 3.8) is 0 Å². The zero-order chi connectivity index (χ0) is 16.5. The van der Waals surface area contributed by atoms with Gasteiger partial charge in [0.05, 0.1) is 22.1 Å². The maximum Gasteiger partial charge on any atom is 0.417 e. The first-order chi connectivity index (χ1) is 9.37. The summed E-state index contributed by atoms with van der Waals surface area (Å²) in [5.74, 6) is 0. The predicted octanol–water partition coefficient (Wildman–Crippen LogP) is 1.59. The van der Waals surface area contributed by atoms with E-state index in [1.54, 1.807) is 13.8 Å². The largest absolute Gasteiger partial charge is 0.417 e. The zero-order valence-corrected chi connectivity index (χ0v) is 12.1. The van der Waals surface area contributed by atoms with Gasteiger partial charge in [0, 0.05) is 12.1 Å². The van der Waals surface area contributed by atoms with Crippen molar-refractivity contribution >= 4 is 10.0 Å². The van der Waals surface area contributed by atoms with Gasteiger partial charge in [0.1, 0.15) is 0 Å². The predicted molar refractivity (Wildman–Crippen MR) is 69.6 cm³/mol. The third-order valence-electron chi connectivity index (χ3n) is 2.44. The second-order valence-electron chi connectivity index (χ2n) is 5.13. The second-order valence-corrected chi connectivity index (χ2v) is 6.90. The monoisotopic (exact) mass is 321 g/mol. The number of nitrogens with two attached hydrogens (primary N) is 1. The number of rotatable bonds is 4. The molecule has 0 fully saturated rings. The normalized spacial score (nSPS) is 13.0. The van der Waals surface area contributed by atoms with Crippen LogP contribution >= 0.6 is 0 Å². The quantitative estimate of drug-likeness (QED) is 0.880. The van der Waals surface area contributed by atoms with Crippen LogP contribution in [-0.2, 0) is 16.2 Å². The number of halogens is 3. The molecule has 116 valence electrons. The Morgan fingerprint density at radius 2 is 1.90 bits per heavy atom. The maximum absolute atomic E-state index is 12.8. The van der Waals surface area contributed by atoms with Crippen LogP contribution < -0.4 is 10.5 Å². The summed E-state index contributed by atoms with van der Waals surface area (Å²) in [4.78, 5) is -0.571. The Kier molecular flexibility index (Phi) is 4.67. The van der Waals surface area contributed by atoms with Crippen molar-refractivity contribution < 1.29 is 21.6 Å². The van der Waals surface area contributed by atoms with Gasteiger partial charge >= 0.3 is 6.18 Å². The van der Waals surface area contributed by atoms with Crippen molar-refractivity contribution in [3.05, 3.63) is 29.3 Å². The number of nitrogens with one attached hydrogen (secondary N) is 1. The standard InChI is InChI=1S/C12H14F3N3O2S/c1-11(2,17)7-18-21(19,20)9-4-3-8(6-16)10(5-9)12(13,14)15/h3-5,18H,7,17H2,1-2H3. The van der Waals surface area contributed by atoms with E-state index in [2.05, 4.69) is 4.72 Å². The molecule has 1 rings (SSSR count). The summed E-state index contributed by atoms with van der Waals surface area (Å²) in [6.07, 6.45) is -4.82. The van der Waals surface area contributed by atoms with Gasteiger partial charge in [0.25, 0.3) is 0 Å². The van der Waals surface area contributed by atoms with Crippen molar-refractivity contribution in [1.29, 1.82) is 5.26 Å². The molecule has 0 saturated carbocycles. The molecule has 0 radical (unpaired) electrons. The van der Waals surface area contributed by atoms with Crippen LogP contribution in [0.1, 0.15) is 25.0 Å². The fourth-order valence-electron chi connectivity index (χ4n) is 1.39. The number of nitriles is 1. The van der Waals surface area contributed by atoms with E-state index in [1.165, 1.54) is 6.07 Å². The molecule has 1 aromatic carbocycles. The van der Waals surface area contributed by atoms with Gasteiger partial charge in [-0.25, -0.2) is 13.1 Å². The molecule has 0 bridgehead atoms. The Morgan fingerprint density at radius 3 is 2.33 bits per heavy atom. The lowest BCUT2D eigenvalue weighted by molar-refractivity contribution is -0.137. The minimum Gasteiger partial charge on any atom is -0.324 e. The van der Waals surface area contributed by atoms with Crippen LogP contribution in [0.5, 0.6) is 0 Å². The van der Waals surface area contributed by atoms with Crippen LogP contribution in [0.25, 0.3) is 0 Å². The summed E-state index contributed by atoms with van der Waals surface area (Å²) in [5, 5.41) is 8.65. The molecule has 0 spiro atoms. The lowest BCUT2D eigenvalue weighted by Crippen LogP contribution is -2.45. The van der Waals surface area contributed by atoms with E-state index in [0.29, 0.717) is 6.07 Å². The second kappa shape index (κ2) is 5.63. The van der Waals surface area contributed by atoms with Crippen LogP contribution in [0.2, 0.25) is 0 Å². The first-order valence-corrected chi connectivity index (χ1v) is 7.25. The molecule has 0 amide bonds. The van der Waals surface area contributed by atoms with Gasteiger partial charge in [-0.3, -0.25) is 0 Å². The first kappa shape index (κ1) is 17.4. The Bertz CT molecular complexity index is 670. The van der Waals surface area contributed by atoms with Gasteiger partial charge in [-0.15, -0.1) is 0 Å². The number of sulfonamides is 1. The summed E-state index contributed by atoms with van der Waals surface area (Å²) in [6, 6.07) is 3.59. The molecule has 0 heterocycles. The molecule has 0 aliphatic carbocycles. The van der Waals surface area contributed by atoms with Crippen LogP contribution in [-0.4, -0.2) is 20.5 Å². The molecular weight excluding hydrogens is 307 g/mol. The van der Waals surface area contributed by atoms with Crippen LogP contribution in [0, 0.1) is 11.3 Å². The summed E-state index contributed by atoms with van der Waals surface area (Å²) in [5.41, 5.74) is 2.83. The van der Waals surface area contributed by atoms with Crippen molar-refractivity contribution in [3.8, 4) is 6.07 Å². The highest BCUT2D eigenvalue weighted by molar-refractivity contribution is 7.89. The van der Waals surface area contributed by atoms with Crippen LogP contribution in [0.3, 0.4) is 0 Å². The molecule has 0 saturated heterocycles. The molecule has 0 atom stereocenters. The van der Waals surface area contributed by atoms with Gasteiger partial charge in [0.15, 0.2) is 0 Å². The topological polar surface area (TPSA) is 96.0 Å². The van der Waals surface area contributed by atoms with E-state index >= 15 is 0 Å². The van der Waals surface area contributed by atoms with E-state index < -0.39 is 37.8 Å².